The Bertz CT molecular complexity index is 3440. The number of fused-ring (bicyclic) bond motifs is 13. The zero-order chi connectivity index (χ0) is 36.8. The third-order valence-corrected chi connectivity index (χ3v) is 16.5. The molecule has 56 heavy (non-hydrogen) atoms. The molecule has 0 spiro atoms. The van der Waals surface area contributed by atoms with Gasteiger partial charge in [-0.2, -0.15) is 0 Å². The number of para-hydroxylation sites is 3. The van der Waals surface area contributed by atoms with Gasteiger partial charge in [-0.05, 0) is 62.5 Å². The molecule has 0 N–H and O–H groups in total. The maximum absolute atomic E-state index is 7.11. The first-order valence-electron chi connectivity index (χ1n) is 19.0. The van der Waals surface area contributed by atoms with Gasteiger partial charge in [0.1, 0.15) is 22.6 Å². The van der Waals surface area contributed by atoms with Crippen LogP contribution in [0, 0.1) is 0 Å². The number of hydrogen-bond donors (Lipinski definition) is 0. The second kappa shape index (κ2) is 11.9. The molecule has 0 atom stereocenters. The standard InChI is InChI=1S/C50H32N4OSi/c1-3-15-33(16-4-1)56(34-17-5-2-6-18-34,35-26-27-36-37-19-7-10-22-41(37)53-30-29-52-50(53)40(36)31-35)45-32-43-47(49-48(45)39-21-9-12-24-44(39)55-49)38-20-8-11-23-42(38)54(43)46-25-13-14-28-51-46/h1-32H. The van der Waals surface area contributed by atoms with Crippen molar-refractivity contribution in [1.29, 1.82) is 0 Å². The molecule has 12 aromatic rings. The Morgan fingerprint density at radius 3 is 1.89 bits per heavy atom. The minimum atomic E-state index is -3.22. The average molecular weight is 733 g/mol. The lowest BCUT2D eigenvalue weighted by molar-refractivity contribution is 0.673. The van der Waals surface area contributed by atoms with Gasteiger partial charge in [0.05, 0.1) is 21.9 Å². The Balaban J connectivity index is 1.34. The van der Waals surface area contributed by atoms with Crippen LogP contribution in [0.2, 0.25) is 0 Å². The van der Waals surface area contributed by atoms with Gasteiger partial charge in [-0.3, -0.25) is 8.97 Å². The molecular formula is C50H32N4OSi. The van der Waals surface area contributed by atoms with Crippen molar-refractivity contribution in [2.45, 2.75) is 0 Å². The number of hydrogen-bond acceptors (Lipinski definition) is 3. The average Bonchev–Trinajstić information content (AvgIpc) is 4.00. The molecule has 5 nitrogen and oxygen atoms in total. The van der Waals surface area contributed by atoms with Crippen LogP contribution in [-0.2, 0) is 0 Å². The quantitative estimate of drug-likeness (QED) is 0.101. The Morgan fingerprint density at radius 2 is 1.12 bits per heavy atom. The van der Waals surface area contributed by atoms with Crippen molar-refractivity contribution < 1.29 is 4.42 Å². The SMILES string of the molecule is c1ccc([Si](c2ccccc2)(c2ccc3c4ccccc4n4ccnc4c3c2)c2cc3c(c4ccccc4n3-c3ccccn3)c3oc4ccccc4c23)cc1. The van der Waals surface area contributed by atoms with E-state index in [1.54, 1.807) is 0 Å². The van der Waals surface area contributed by atoms with Gasteiger partial charge in [0.2, 0.25) is 0 Å². The van der Waals surface area contributed by atoms with Crippen molar-refractivity contribution in [3.05, 3.63) is 195 Å². The molecule has 0 amide bonds. The second-order valence-corrected chi connectivity index (χ2v) is 18.3. The molecule has 0 aliphatic carbocycles. The topological polar surface area (TPSA) is 48.3 Å². The Morgan fingerprint density at radius 1 is 0.446 bits per heavy atom. The van der Waals surface area contributed by atoms with Gasteiger partial charge < -0.3 is 4.42 Å². The second-order valence-electron chi connectivity index (χ2n) is 14.5. The molecule has 0 radical (unpaired) electrons. The third-order valence-electron chi connectivity index (χ3n) is 11.8. The maximum atomic E-state index is 7.11. The van der Waals surface area contributed by atoms with Crippen LogP contribution < -0.4 is 20.7 Å². The van der Waals surface area contributed by atoms with Crippen molar-refractivity contribution in [3.63, 3.8) is 0 Å². The zero-order valence-corrected chi connectivity index (χ0v) is 31.2. The van der Waals surface area contributed by atoms with Gasteiger partial charge in [-0.1, -0.05) is 140 Å². The number of nitrogens with zero attached hydrogens (tertiary/aromatic N) is 4. The largest absolute Gasteiger partial charge is 0.455 e. The molecule has 7 aromatic carbocycles. The Hall–Kier alpha value is -7.28. The molecule has 0 aliphatic rings. The molecule has 0 bridgehead atoms. The number of pyridine rings is 2. The van der Waals surface area contributed by atoms with E-state index in [4.69, 9.17) is 14.4 Å². The normalized spacial score (nSPS) is 12.3. The molecule has 5 aromatic heterocycles. The van der Waals surface area contributed by atoms with Crippen LogP contribution in [0.1, 0.15) is 0 Å². The molecule has 0 fully saturated rings. The smallest absolute Gasteiger partial charge is 0.180 e. The van der Waals surface area contributed by atoms with E-state index in [-0.39, 0.29) is 0 Å². The minimum absolute atomic E-state index is 0.867. The van der Waals surface area contributed by atoms with Crippen LogP contribution in [0.4, 0.5) is 0 Å². The van der Waals surface area contributed by atoms with Gasteiger partial charge in [0.25, 0.3) is 0 Å². The van der Waals surface area contributed by atoms with Crippen LogP contribution in [0.3, 0.4) is 0 Å². The van der Waals surface area contributed by atoms with Crippen LogP contribution in [0.25, 0.3) is 76.9 Å². The van der Waals surface area contributed by atoms with Gasteiger partial charge in [-0.25, -0.2) is 9.97 Å². The molecule has 262 valence electrons. The van der Waals surface area contributed by atoms with Crippen LogP contribution in [-0.4, -0.2) is 27.0 Å². The first-order chi connectivity index (χ1) is 27.8. The van der Waals surface area contributed by atoms with Gasteiger partial charge in [-0.15, -0.1) is 0 Å². The van der Waals surface area contributed by atoms with E-state index in [0.29, 0.717) is 0 Å². The molecule has 0 unspecified atom stereocenters. The van der Waals surface area contributed by atoms with E-state index in [2.05, 4.69) is 185 Å². The highest BCUT2D eigenvalue weighted by Crippen LogP contribution is 2.40. The lowest BCUT2D eigenvalue weighted by Crippen LogP contribution is -2.74. The predicted octanol–water partition coefficient (Wildman–Crippen LogP) is 9.41. The molecule has 0 saturated carbocycles. The fourth-order valence-electron chi connectivity index (χ4n) is 9.51. The van der Waals surface area contributed by atoms with Gasteiger partial charge >= 0.3 is 0 Å². The fourth-order valence-corrected chi connectivity index (χ4v) is 14.5. The summed E-state index contributed by atoms with van der Waals surface area (Å²) in [5.41, 5.74) is 6.03. The summed E-state index contributed by atoms with van der Waals surface area (Å²) in [6, 6.07) is 63.9. The van der Waals surface area contributed by atoms with E-state index in [0.717, 1.165) is 66.1 Å². The molecule has 12 rings (SSSR count). The number of aromatic nitrogens is 4. The molecule has 0 saturated heterocycles. The number of imidazole rings is 1. The highest BCUT2D eigenvalue weighted by atomic mass is 28.3. The van der Waals surface area contributed by atoms with Crippen molar-refractivity contribution in [2.75, 3.05) is 0 Å². The summed E-state index contributed by atoms with van der Waals surface area (Å²) in [5, 5.41) is 13.1. The molecular weight excluding hydrogens is 701 g/mol. The van der Waals surface area contributed by atoms with Crippen LogP contribution in [0.15, 0.2) is 199 Å². The molecule has 5 heterocycles. The summed E-state index contributed by atoms with van der Waals surface area (Å²) in [5.74, 6) is 0.867. The summed E-state index contributed by atoms with van der Waals surface area (Å²) in [4.78, 5) is 9.91. The summed E-state index contributed by atoms with van der Waals surface area (Å²) in [6.07, 6.45) is 5.87. The van der Waals surface area contributed by atoms with Crippen molar-refractivity contribution in [1.82, 2.24) is 18.9 Å². The van der Waals surface area contributed by atoms with E-state index in [9.17, 15) is 0 Å². The summed E-state index contributed by atoms with van der Waals surface area (Å²) in [6.45, 7) is 0. The summed E-state index contributed by atoms with van der Waals surface area (Å²) in [7, 11) is -3.22. The molecule has 6 heteroatoms. The van der Waals surface area contributed by atoms with Crippen LogP contribution in [0.5, 0.6) is 0 Å². The number of rotatable bonds is 5. The van der Waals surface area contributed by atoms with E-state index in [1.807, 2.05) is 18.5 Å². The maximum Gasteiger partial charge on any atom is 0.180 e. The zero-order valence-electron chi connectivity index (χ0n) is 30.2. The lowest BCUT2D eigenvalue weighted by Gasteiger charge is -2.35. The lowest BCUT2D eigenvalue weighted by atomic mass is 10.1. The van der Waals surface area contributed by atoms with E-state index < -0.39 is 8.07 Å². The van der Waals surface area contributed by atoms with Gasteiger partial charge in [0.15, 0.2) is 8.07 Å². The van der Waals surface area contributed by atoms with E-state index >= 15 is 0 Å². The Kier molecular flexibility index (Phi) is 6.59. The first-order valence-corrected chi connectivity index (χ1v) is 21.0. The molecule has 0 aliphatic heterocycles. The number of furan rings is 1. The fraction of sp³-hybridized carbons (Fsp3) is 0. The third kappa shape index (κ3) is 4.19. The summed E-state index contributed by atoms with van der Waals surface area (Å²) >= 11 is 0. The van der Waals surface area contributed by atoms with Crippen molar-refractivity contribution in [3.8, 4) is 5.82 Å². The number of benzene rings is 7. The van der Waals surface area contributed by atoms with Crippen molar-refractivity contribution >= 4 is 99.9 Å². The van der Waals surface area contributed by atoms with Gasteiger partial charge in [0, 0.05) is 45.5 Å². The van der Waals surface area contributed by atoms with E-state index in [1.165, 1.54) is 31.5 Å². The monoisotopic (exact) mass is 732 g/mol. The Labute approximate surface area is 322 Å². The minimum Gasteiger partial charge on any atom is -0.455 e. The first kappa shape index (κ1) is 31.1. The van der Waals surface area contributed by atoms with Crippen LogP contribution >= 0.6 is 0 Å². The highest BCUT2D eigenvalue weighted by Gasteiger charge is 2.44. The highest BCUT2D eigenvalue weighted by molar-refractivity contribution is 7.21. The van der Waals surface area contributed by atoms with Crippen molar-refractivity contribution in [2.24, 2.45) is 0 Å². The summed E-state index contributed by atoms with van der Waals surface area (Å²) < 4.78 is 11.7. The predicted molar refractivity (Wildman–Crippen MR) is 233 cm³/mol.